The first-order chi connectivity index (χ1) is 11.7. The average molecular weight is 354 g/mol. The number of benzene rings is 2. The van der Waals surface area contributed by atoms with Gasteiger partial charge in [-0.2, -0.15) is 13.2 Å². The monoisotopic (exact) mass is 354 g/mol. The van der Waals surface area contributed by atoms with Crippen molar-refractivity contribution in [2.45, 2.75) is 12.7 Å². The van der Waals surface area contributed by atoms with Crippen LogP contribution < -0.4 is 10.1 Å². The van der Waals surface area contributed by atoms with Gasteiger partial charge in [0, 0.05) is 18.7 Å². The van der Waals surface area contributed by atoms with Gasteiger partial charge in [-0.05, 0) is 23.8 Å². The third-order valence-electron chi connectivity index (χ3n) is 3.37. The van der Waals surface area contributed by atoms with Gasteiger partial charge in [-0.1, -0.05) is 12.1 Å². The molecule has 1 amide bonds. The summed E-state index contributed by atoms with van der Waals surface area (Å²) >= 11 is 0. The van der Waals surface area contributed by atoms with Crippen molar-refractivity contribution in [1.29, 1.82) is 0 Å². The number of hydrogen-bond acceptors (Lipinski definition) is 4. The number of amides is 1. The minimum atomic E-state index is -4.43. The van der Waals surface area contributed by atoms with Crippen LogP contribution in [0.5, 0.6) is 5.75 Å². The van der Waals surface area contributed by atoms with Gasteiger partial charge in [0.15, 0.2) is 0 Å². The van der Waals surface area contributed by atoms with Crippen LogP contribution >= 0.6 is 0 Å². The maximum absolute atomic E-state index is 12.5. The van der Waals surface area contributed by atoms with E-state index in [0.29, 0.717) is 5.56 Å². The van der Waals surface area contributed by atoms with Crippen LogP contribution in [-0.2, 0) is 12.7 Å². The molecule has 0 fully saturated rings. The van der Waals surface area contributed by atoms with Gasteiger partial charge in [0.05, 0.1) is 23.2 Å². The van der Waals surface area contributed by atoms with Crippen molar-refractivity contribution >= 4 is 11.6 Å². The number of nitrogens with one attached hydrogen (secondary N) is 1. The zero-order valence-electron chi connectivity index (χ0n) is 13.0. The lowest BCUT2D eigenvalue weighted by Gasteiger charge is -2.10. The van der Waals surface area contributed by atoms with E-state index >= 15 is 0 Å². The third kappa shape index (κ3) is 4.46. The largest absolute Gasteiger partial charge is 0.496 e. The smallest absolute Gasteiger partial charge is 0.416 e. The minimum absolute atomic E-state index is 0.0383. The van der Waals surface area contributed by atoms with E-state index in [0.717, 1.165) is 18.2 Å². The van der Waals surface area contributed by atoms with Crippen molar-refractivity contribution in [2.75, 3.05) is 7.11 Å². The number of ether oxygens (including phenoxy) is 1. The van der Waals surface area contributed by atoms with E-state index in [1.807, 2.05) is 0 Å². The molecule has 0 atom stereocenters. The maximum atomic E-state index is 12.5. The highest BCUT2D eigenvalue weighted by molar-refractivity contribution is 5.97. The van der Waals surface area contributed by atoms with Gasteiger partial charge < -0.3 is 10.1 Å². The summed E-state index contributed by atoms with van der Waals surface area (Å²) in [5.41, 5.74) is -0.655. The second-order valence-electron chi connectivity index (χ2n) is 5.02. The highest BCUT2D eigenvalue weighted by Crippen LogP contribution is 2.29. The van der Waals surface area contributed by atoms with E-state index in [4.69, 9.17) is 4.74 Å². The molecule has 6 nitrogen and oxygen atoms in total. The van der Waals surface area contributed by atoms with E-state index in [9.17, 15) is 28.1 Å². The number of hydrogen-bond donors (Lipinski definition) is 1. The van der Waals surface area contributed by atoms with Crippen LogP contribution in [0, 0.1) is 10.1 Å². The first-order valence-electron chi connectivity index (χ1n) is 6.99. The van der Waals surface area contributed by atoms with E-state index in [1.54, 1.807) is 0 Å². The normalized spacial score (nSPS) is 11.0. The predicted molar refractivity (Wildman–Crippen MR) is 82.3 cm³/mol. The van der Waals surface area contributed by atoms with Crippen molar-refractivity contribution in [3.8, 4) is 5.75 Å². The molecular weight excluding hydrogens is 341 g/mol. The van der Waals surface area contributed by atoms with E-state index in [1.165, 1.54) is 31.4 Å². The Bertz CT molecular complexity index is 789. The van der Waals surface area contributed by atoms with Gasteiger partial charge in [-0.15, -0.1) is 0 Å². The third-order valence-corrected chi connectivity index (χ3v) is 3.37. The fraction of sp³-hybridized carbons (Fsp3) is 0.188. The van der Waals surface area contributed by atoms with Gasteiger partial charge in [0.25, 0.3) is 11.6 Å². The molecule has 1 N–H and O–H groups in total. The van der Waals surface area contributed by atoms with Gasteiger partial charge in [-0.3, -0.25) is 14.9 Å². The van der Waals surface area contributed by atoms with E-state index in [2.05, 4.69) is 5.32 Å². The van der Waals surface area contributed by atoms with Crippen LogP contribution in [-0.4, -0.2) is 17.9 Å². The van der Waals surface area contributed by atoms with Crippen molar-refractivity contribution in [2.24, 2.45) is 0 Å². The number of halogens is 3. The highest BCUT2D eigenvalue weighted by atomic mass is 19.4. The summed E-state index contributed by atoms with van der Waals surface area (Å²) in [6, 6.07) is 7.88. The van der Waals surface area contributed by atoms with Crippen LogP contribution in [0.4, 0.5) is 18.9 Å². The maximum Gasteiger partial charge on any atom is 0.416 e. The molecule has 0 unspecified atom stereocenters. The Balaban J connectivity index is 2.12. The summed E-state index contributed by atoms with van der Waals surface area (Å²) in [4.78, 5) is 22.4. The quantitative estimate of drug-likeness (QED) is 0.658. The number of methoxy groups -OCH3 is 1. The summed E-state index contributed by atoms with van der Waals surface area (Å²) in [6.07, 6.45) is -4.43. The molecule has 2 aromatic rings. The summed E-state index contributed by atoms with van der Waals surface area (Å²) in [5, 5.41) is 13.3. The Morgan fingerprint density at radius 1 is 1.20 bits per heavy atom. The minimum Gasteiger partial charge on any atom is -0.496 e. The number of nitro groups is 1. The molecule has 0 saturated heterocycles. The van der Waals surface area contributed by atoms with Crippen LogP contribution in [0.15, 0.2) is 42.5 Å². The number of carbonyl (C=O) groups is 1. The van der Waals surface area contributed by atoms with Crippen LogP contribution in [0.1, 0.15) is 21.5 Å². The van der Waals surface area contributed by atoms with Gasteiger partial charge in [0.2, 0.25) is 0 Å². The summed E-state index contributed by atoms with van der Waals surface area (Å²) < 4.78 is 42.5. The topological polar surface area (TPSA) is 81.5 Å². The molecule has 0 aliphatic rings. The molecule has 2 rings (SSSR count). The first kappa shape index (κ1) is 18.2. The van der Waals surface area contributed by atoms with E-state index < -0.39 is 22.6 Å². The zero-order chi connectivity index (χ0) is 18.6. The lowest BCUT2D eigenvalue weighted by molar-refractivity contribution is -0.384. The molecule has 0 spiro atoms. The molecule has 0 bridgehead atoms. The lowest BCUT2D eigenvalue weighted by Crippen LogP contribution is -2.23. The lowest BCUT2D eigenvalue weighted by atomic mass is 10.1. The average Bonchev–Trinajstić information content (AvgIpc) is 2.58. The Labute approximate surface area is 140 Å². The standard InChI is InChI=1S/C16H13F3N2O4/c1-25-14-7-6-12(21(23)24)8-13(14)15(22)20-9-10-2-4-11(5-3-10)16(17,18)19/h2-8H,9H2,1H3,(H,20,22). The zero-order valence-corrected chi connectivity index (χ0v) is 13.0. The summed E-state index contributed by atoms with van der Waals surface area (Å²) in [7, 11) is 1.31. The number of non-ortho nitro benzene ring substituents is 1. The number of alkyl halides is 3. The van der Waals surface area contributed by atoms with Crippen molar-refractivity contribution in [1.82, 2.24) is 5.32 Å². The molecule has 2 aromatic carbocycles. The molecule has 25 heavy (non-hydrogen) atoms. The number of carbonyl (C=O) groups excluding carboxylic acids is 1. The highest BCUT2D eigenvalue weighted by Gasteiger charge is 2.29. The second-order valence-corrected chi connectivity index (χ2v) is 5.02. The molecule has 0 aromatic heterocycles. The fourth-order valence-electron chi connectivity index (χ4n) is 2.08. The van der Waals surface area contributed by atoms with Gasteiger partial charge in [0.1, 0.15) is 5.75 Å². The fourth-order valence-corrected chi connectivity index (χ4v) is 2.08. The number of nitro benzene ring substituents is 1. The molecular formula is C16H13F3N2O4. The second kappa shape index (κ2) is 7.20. The van der Waals surface area contributed by atoms with Crippen LogP contribution in [0.3, 0.4) is 0 Å². The first-order valence-corrected chi connectivity index (χ1v) is 6.99. The van der Waals surface area contributed by atoms with Crippen LogP contribution in [0.2, 0.25) is 0 Å². The molecule has 9 heteroatoms. The molecule has 132 valence electrons. The molecule has 0 heterocycles. The summed E-state index contributed by atoms with van der Waals surface area (Å²) in [6.45, 7) is -0.0389. The Morgan fingerprint density at radius 2 is 1.84 bits per heavy atom. The van der Waals surface area contributed by atoms with Crippen molar-refractivity contribution in [3.63, 3.8) is 0 Å². The molecule has 0 aliphatic heterocycles. The summed E-state index contributed by atoms with van der Waals surface area (Å²) in [5.74, 6) is -0.490. The van der Waals surface area contributed by atoms with Gasteiger partial charge >= 0.3 is 6.18 Å². The predicted octanol–water partition coefficient (Wildman–Crippen LogP) is 3.55. The number of rotatable bonds is 5. The van der Waals surface area contributed by atoms with E-state index in [-0.39, 0.29) is 23.5 Å². The number of nitrogens with zero attached hydrogens (tertiary/aromatic N) is 1. The molecule has 0 radical (unpaired) electrons. The van der Waals surface area contributed by atoms with Crippen molar-refractivity contribution < 1.29 is 27.6 Å². The molecule has 0 aliphatic carbocycles. The SMILES string of the molecule is COc1ccc([N+](=O)[O-])cc1C(=O)NCc1ccc(C(F)(F)F)cc1. The van der Waals surface area contributed by atoms with Gasteiger partial charge in [-0.25, -0.2) is 0 Å². The molecule has 0 saturated carbocycles. The Hall–Kier alpha value is -3.10. The van der Waals surface area contributed by atoms with Crippen molar-refractivity contribution in [3.05, 3.63) is 69.3 Å². The Kier molecular flexibility index (Phi) is 5.26. The van der Waals surface area contributed by atoms with Crippen LogP contribution in [0.25, 0.3) is 0 Å². The Morgan fingerprint density at radius 3 is 2.36 bits per heavy atom.